The van der Waals surface area contributed by atoms with E-state index in [-0.39, 0.29) is 0 Å². The zero-order valence-electron chi connectivity index (χ0n) is 7.07. The van der Waals surface area contributed by atoms with Crippen molar-refractivity contribution in [2.45, 2.75) is 12.8 Å². The number of nitrogens with zero attached hydrogens (tertiary/aromatic N) is 1. The van der Waals surface area contributed by atoms with E-state index in [1.165, 1.54) is 30.8 Å². The van der Waals surface area contributed by atoms with Crippen LogP contribution in [-0.2, 0) is 0 Å². The van der Waals surface area contributed by atoms with Crippen LogP contribution in [0.5, 0.6) is 0 Å². The van der Waals surface area contributed by atoms with Crippen molar-refractivity contribution in [1.82, 2.24) is 0 Å². The summed E-state index contributed by atoms with van der Waals surface area (Å²) in [5.41, 5.74) is 0. The van der Waals surface area contributed by atoms with Crippen molar-refractivity contribution in [2.75, 3.05) is 19.6 Å². The second-order valence-corrected chi connectivity index (χ2v) is 2.79. The Kier molecular flexibility index (Phi) is 5.47. The summed E-state index contributed by atoms with van der Waals surface area (Å²) < 4.78 is 39.0. The van der Waals surface area contributed by atoms with Gasteiger partial charge in [-0.25, -0.2) is 0 Å². The molecule has 1 saturated heterocycles. The minimum Gasteiger partial charge on any atom is -0.418 e. The Hall–Kier alpha value is -0.765. The molecule has 0 aromatic rings. The lowest BCUT2D eigenvalue weighted by atomic mass is 10.3. The molecule has 0 radical (unpaired) electrons. The van der Waals surface area contributed by atoms with E-state index < -0.39 is 7.25 Å². The minimum absolute atomic E-state index is 0.708. The first-order chi connectivity index (χ1) is 5.93. The zero-order valence-corrected chi connectivity index (χ0v) is 7.07. The Morgan fingerprint density at radius 3 is 1.85 bits per heavy atom. The normalized spacial score (nSPS) is 17.5. The highest BCUT2D eigenvalue weighted by Gasteiger charge is 2.20. The fourth-order valence-corrected chi connectivity index (χ4v) is 1.16. The number of hydrogen-bond donors (Lipinski definition) is 1. The van der Waals surface area contributed by atoms with Crippen LogP contribution < -0.4 is 4.90 Å². The van der Waals surface area contributed by atoms with Gasteiger partial charge in [0.1, 0.15) is 6.07 Å². The zero-order chi connectivity index (χ0) is 10.3. The molecule has 1 aliphatic rings. The van der Waals surface area contributed by atoms with E-state index in [0.717, 1.165) is 0 Å². The summed E-state index contributed by atoms with van der Waals surface area (Å²) in [6.45, 7) is 3.14. The van der Waals surface area contributed by atoms with Crippen LogP contribution in [0.3, 0.4) is 0 Å². The minimum atomic E-state index is -6.00. The highest BCUT2D eigenvalue weighted by Crippen LogP contribution is 2.06. The van der Waals surface area contributed by atoms with Gasteiger partial charge >= 0.3 is 7.25 Å². The van der Waals surface area contributed by atoms with Crippen LogP contribution in [0, 0.1) is 11.3 Å². The molecule has 0 amide bonds. The number of nitrogens with one attached hydrogen (secondary N) is 1. The Morgan fingerprint density at radius 1 is 1.15 bits per heavy atom. The molecule has 13 heavy (non-hydrogen) atoms. The van der Waals surface area contributed by atoms with Crippen LogP contribution in [0.4, 0.5) is 17.3 Å². The number of likely N-dealkylation sites (tertiary alicyclic amines) is 1. The van der Waals surface area contributed by atoms with Gasteiger partial charge in [-0.15, -0.1) is 0 Å². The molecule has 1 N–H and O–H groups in total. The van der Waals surface area contributed by atoms with Crippen molar-refractivity contribution >= 4 is 7.25 Å². The topological polar surface area (TPSA) is 28.2 Å². The fourth-order valence-electron chi connectivity index (χ4n) is 1.16. The van der Waals surface area contributed by atoms with E-state index in [2.05, 4.69) is 6.07 Å². The monoisotopic (exact) mass is 198 g/mol. The summed E-state index contributed by atoms with van der Waals surface area (Å²) in [4.78, 5) is 1.47. The highest BCUT2D eigenvalue weighted by molar-refractivity contribution is 6.50. The molecule has 0 saturated carbocycles. The fraction of sp³-hybridized carbons (Fsp3) is 0.833. The van der Waals surface area contributed by atoms with Crippen LogP contribution in [0.1, 0.15) is 12.8 Å². The molecule has 0 aromatic heterocycles. The van der Waals surface area contributed by atoms with Gasteiger partial charge in [0.15, 0.2) is 6.54 Å². The third kappa shape index (κ3) is 11.2. The number of halogens is 4. The third-order valence-electron chi connectivity index (χ3n) is 1.64. The van der Waals surface area contributed by atoms with Gasteiger partial charge in [0.25, 0.3) is 0 Å². The SMILES string of the molecule is F[B-](F)(F)F.N#CC[NH+]1CCCC1. The first kappa shape index (κ1) is 12.2. The molecule has 7 heteroatoms. The molecule has 0 aromatic carbocycles. The molecule has 1 aliphatic heterocycles. The summed E-state index contributed by atoms with van der Waals surface area (Å²) in [6, 6.07) is 2.17. The van der Waals surface area contributed by atoms with Crippen molar-refractivity contribution < 1.29 is 22.2 Å². The lowest BCUT2D eigenvalue weighted by Gasteiger charge is -2.03. The van der Waals surface area contributed by atoms with Crippen LogP contribution in [0.15, 0.2) is 0 Å². The maximum atomic E-state index is 9.75. The van der Waals surface area contributed by atoms with Crippen LogP contribution in [0.2, 0.25) is 0 Å². The average molecular weight is 198 g/mol. The van der Waals surface area contributed by atoms with Crippen molar-refractivity contribution in [2.24, 2.45) is 0 Å². The van der Waals surface area contributed by atoms with Crippen LogP contribution in [-0.4, -0.2) is 26.9 Å². The van der Waals surface area contributed by atoms with E-state index in [1.54, 1.807) is 0 Å². The summed E-state index contributed by atoms with van der Waals surface area (Å²) in [5.74, 6) is 0. The molecule has 2 nitrogen and oxygen atoms in total. The molecule has 0 spiro atoms. The highest BCUT2D eigenvalue weighted by atomic mass is 19.5. The smallest absolute Gasteiger partial charge is 0.418 e. The first-order valence-corrected chi connectivity index (χ1v) is 4.01. The Labute approximate surface area is 74.2 Å². The number of nitriles is 1. The number of quaternary nitrogens is 1. The van der Waals surface area contributed by atoms with Crippen LogP contribution >= 0.6 is 0 Å². The van der Waals surface area contributed by atoms with Gasteiger partial charge in [-0.3, -0.25) is 0 Å². The van der Waals surface area contributed by atoms with Gasteiger partial charge in [0.2, 0.25) is 0 Å². The van der Waals surface area contributed by atoms with Gasteiger partial charge < -0.3 is 22.2 Å². The lowest BCUT2D eigenvalue weighted by Crippen LogP contribution is -3.09. The Balaban J connectivity index is 0.000000252. The largest absolute Gasteiger partial charge is 0.673 e. The molecule has 1 heterocycles. The second kappa shape index (κ2) is 5.81. The third-order valence-corrected chi connectivity index (χ3v) is 1.64. The number of hydrogen-bond acceptors (Lipinski definition) is 1. The summed E-state index contributed by atoms with van der Waals surface area (Å²) in [7, 11) is -6.00. The van der Waals surface area contributed by atoms with E-state index in [1.807, 2.05) is 0 Å². The molecule has 0 unspecified atom stereocenters. The maximum Gasteiger partial charge on any atom is 0.673 e. The molecule has 76 valence electrons. The molecule has 1 fully saturated rings. The van der Waals surface area contributed by atoms with E-state index in [9.17, 15) is 17.3 Å². The predicted octanol–water partition coefficient (Wildman–Crippen LogP) is 0.489. The molecular formula is C6H11BF4N2. The molecule has 0 atom stereocenters. The number of rotatable bonds is 1. The molecule has 0 bridgehead atoms. The van der Waals surface area contributed by atoms with E-state index >= 15 is 0 Å². The average Bonchev–Trinajstić information content (AvgIpc) is 2.36. The van der Waals surface area contributed by atoms with Crippen molar-refractivity contribution in [1.29, 1.82) is 5.26 Å². The van der Waals surface area contributed by atoms with E-state index in [4.69, 9.17) is 5.26 Å². The first-order valence-electron chi connectivity index (χ1n) is 4.01. The molecule has 1 rings (SSSR count). The van der Waals surface area contributed by atoms with E-state index in [0.29, 0.717) is 6.54 Å². The van der Waals surface area contributed by atoms with Gasteiger partial charge in [-0.1, -0.05) is 0 Å². The Bertz CT molecular complexity index is 164. The summed E-state index contributed by atoms with van der Waals surface area (Å²) >= 11 is 0. The van der Waals surface area contributed by atoms with Gasteiger partial charge in [-0.05, 0) is 0 Å². The summed E-state index contributed by atoms with van der Waals surface area (Å²) in [5, 5.41) is 8.26. The molecule has 0 aliphatic carbocycles. The van der Waals surface area contributed by atoms with Crippen molar-refractivity contribution in [3.05, 3.63) is 0 Å². The Morgan fingerprint density at radius 2 is 1.54 bits per heavy atom. The quantitative estimate of drug-likeness (QED) is 0.370. The summed E-state index contributed by atoms with van der Waals surface area (Å²) in [6.07, 6.45) is 2.63. The van der Waals surface area contributed by atoms with Gasteiger partial charge in [0, 0.05) is 12.8 Å². The lowest BCUT2D eigenvalue weighted by molar-refractivity contribution is -0.879. The van der Waals surface area contributed by atoms with Crippen molar-refractivity contribution in [3.8, 4) is 6.07 Å². The van der Waals surface area contributed by atoms with Gasteiger partial charge in [0.05, 0.1) is 13.1 Å². The van der Waals surface area contributed by atoms with Crippen LogP contribution in [0.25, 0.3) is 0 Å². The maximum absolute atomic E-state index is 9.75. The van der Waals surface area contributed by atoms with Gasteiger partial charge in [-0.2, -0.15) is 5.26 Å². The standard InChI is InChI=1S/C6H10N2.BF4/c7-3-6-8-4-1-2-5-8;2-1(3,4)5/h1-2,4-6H2;/q;-1/p+1. The molecular weight excluding hydrogens is 187 g/mol. The van der Waals surface area contributed by atoms with Crippen molar-refractivity contribution in [3.63, 3.8) is 0 Å². The second-order valence-electron chi connectivity index (χ2n) is 2.79. The predicted molar refractivity (Wildman–Crippen MR) is 40.6 cm³/mol.